The molecule has 1 aromatic rings. The summed E-state index contributed by atoms with van der Waals surface area (Å²) in [6, 6.07) is 2.48. The van der Waals surface area contributed by atoms with Crippen LogP contribution in [0, 0.1) is 592 Å². The molecule has 0 saturated carbocycles. The van der Waals surface area contributed by atoms with Crippen LogP contribution in [-0.4, -0.2) is 34.9 Å². The van der Waals surface area contributed by atoms with Crippen LogP contribution >= 0.6 is 0 Å². The summed E-state index contributed by atoms with van der Waals surface area (Å²) < 4.78 is 17.2. The number of aliphatic hydroxyl groups is 1. The number of carbonyl (C=O) groups excluding carboxylic acids is 2. The molecule has 1 heterocycles. The van der Waals surface area contributed by atoms with Crippen LogP contribution < -0.4 is 16.2 Å². The number of benzene rings is 1. The van der Waals surface area contributed by atoms with Crippen molar-refractivity contribution in [2.24, 2.45) is 5.73 Å². The van der Waals surface area contributed by atoms with Gasteiger partial charge in [0.05, 0.1) is 24.3 Å². The number of hydrogen-bond donors (Lipinski definition) is 3. The van der Waals surface area contributed by atoms with E-state index < -0.39 is 11.6 Å². The first kappa shape index (κ1) is 97.0. The molecule has 123 heavy (non-hydrogen) atoms. The van der Waals surface area contributed by atoms with Gasteiger partial charge in [-0.15, -0.1) is 4.39 Å². The third-order valence-electron chi connectivity index (χ3n) is 9.68. The molecule has 0 aromatic heterocycles. The number of rotatable bonds is 4. The quantitative estimate of drug-likeness (QED) is 0.242. The van der Waals surface area contributed by atoms with Crippen LogP contribution in [0.1, 0.15) is 54.3 Å². The summed E-state index contributed by atoms with van der Waals surface area (Å²) in [5.41, 5.74) is 11.6. The standard InChI is InChI=1S/C101H3F.C15H20N2O4/c1-2-3-4-5-6-7-8-9-10-11-12-13-14-15-16-17-18-19-20-21-22-23-24-25-26-27-28-29-30-31-32-33-34-35-36-37-38-39-40-41-42-43-44-45-46-47-48-49-50-51-52-53-54-55-56-57-58-59-60-61-62-63-64-65-66-67-68-69-70-71-72-73-74-75-76-77-78-79-80-81-82-83-84-85-86-87-88-89-90-91-92-93-94-95-96-97-98-99-100-101-102;1-15(2)6-11(20)13-12(21-15)4-3-9(14(13)17)10(19)5-8(16)7-18/h1H3;3-4,8,18H,5-7,16-17H2,1-2H3. The van der Waals surface area contributed by atoms with E-state index in [0.29, 0.717) is 5.75 Å². The molecule has 2 rings (SSSR count). The van der Waals surface area contributed by atoms with Crippen molar-refractivity contribution in [2.75, 3.05) is 12.3 Å². The van der Waals surface area contributed by atoms with Crippen molar-refractivity contribution in [1.29, 1.82) is 0 Å². The van der Waals surface area contributed by atoms with E-state index in [1.807, 2.05) is 19.8 Å². The summed E-state index contributed by atoms with van der Waals surface area (Å²) in [6.45, 7) is 5.04. The molecule has 7 heteroatoms. The zero-order chi connectivity index (χ0) is 88.5. The second kappa shape index (κ2) is 77.6. The summed E-state index contributed by atoms with van der Waals surface area (Å²) in [4.78, 5) is 24.4. The third-order valence-corrected chi connectivity index (χ3v) is 9.68. The Morgan fingerprint density at radius 1 is 0.309 bits per heavy atom. The number of ketones is 2. The highest BCUT2D eigenvalue weighted by Crippen LogP contribution is 2.38. The van der Waals surface area contributed by atoms with Gasteiger partial charge in [-0.1, -0.05) is 5.92 Å². The van der Waals surface area contributed by atoms with Gasteiger partial charge in [-0.05, 0) is 80.3 Å². The van der Waals surface area contributed by atoms with Crippen LogP contribution in [0.2, 0.25) is 0 Å². The predicted octanol–water partition coefficient (Wildman–Crippen LogP) is 2.01. The van der Waals surface area contributed by atoms with Crippen LogP contribution in [0.4, 0.5) is 10.1 Å². The molecule has 1 aliphatic rings. The lowest BCUT2D eigenvalue weighted by molar-refractivity contribution is 0.0622. The van der Waals surface area contributed by atoms with Gasteiger partial charge in [0.25, 0.3) is 0 Å². The lowest BCUT2D eigenvalue weighted by atomic mass is 9.89. The number of nitrogen functional groups attached to an aromatic ring is 1. The second-order valence-corrected chi connectivity index (χ2v) is 18.5. The highest BCUT2D eigenvalue weighted by atomic mass is 19.1. The molecule has 0 fully saturated rings. The smallest absolute Gasteiger partial charge is 0.172 e. The number of nitrogens with two attached hydrogens (primary N) is 2. The Labute approximate surface area is 721 Å². The largest absolute Gasteiger partial charge is 0.487 e. The molecule has 1 unspecified atom stereocenters. The number of aliphatic hydroxyl groups excluding tert-OH is 1. The van der Waals surface area contributed by atoms with Gasteiger partial charge < -0.3 is 21.3 Å². The van der Waals surface area contributed by atoms with Crippen molar-refractivity contribution in [2.45, 2.75) is 45.3 Å². The maximum Gasteiger partial charge on any atom is 0.172 e. The average Bonchev–Trinajstić information content (AvgIpc) is 0.771. The maximum atomic E-state index is 12.2. The van der Waals surface area contributed by atoms with E-state index >= 15 is 0 Å². The van der Waals surface area contributed by atoms with Crippen molar-refractivity contribution in [3.63, 3.8) is 0 Å². The molecule has 0 aliphatic carbocycles. The Hall–Kier alpha value is -24.0. The maximum absolute atomic E-state index is 12.2. The van der Waals surface area contributed by atoms with Crippen LogP contribution in [0.3, 0.4) is 0 Å². The van der Waals surface area contributed by atoms with Gasteiger partial charge in [0.2, 0.25) is 0 Å². The summed E-state index contributed by atoms with van der Waals surface area (Å²) in [6.07, 6.45) is 1.30. The van der Waals surface area contributed by atoms with Gasteiger partial charge in [0, 0.05) is 551 Å². The van der Waals surface area contributed by atoms with E-state index in [4.69, 9.17) is 21.3 Å². The van der Waals surface area contributed by atoms with E-state index in [0.717, 1.165) is 6.17 Å². The summed E-state index contributed by atoms with van der Waals surface area (Å²) >= 11 is 0. The van der Waals surface area contributed by atoms with E-state index in [1.165, 1.54) is 6.07 Å². The second-order valence-electron chi connectivity index (χ2n) is 18.5. The Kier molecular flexibility index (Phi) is 61.2. The molecular weight excluding hydrogens is 1500 g/mol. The summed E-state index contributed by atoms with van der Waals surface area (Å²) in [7, 11) is 0. The first-order valence-corrected chi connectivity index (χ1v) is 32.2. The number of ether oxygens (including phenoxy) is 1. The molecular formula is C116H23FN2O4. The molecule has 1 aromatic carbocycles. The van der Waals surface area contributed by atoms with Crippen molar-refractivity contribution in [3.8, 4) is 598 Å². The van der Waals surface area contributed by atoms with Gasteiger partial charge in [-0.25, -0.2) is 0 Å². The lowest BCUT2D eigenvalue weighted by Gasteiger charge is -2.32. The first-order valence-electron chi connectivity index (χ1n) is 32.2. The highest BCUT2D eigenvalue weighted by Gasteiger charge is 2.35. The van der Waals surface area contributed by atoms with Crippen LogP contribution in [0.5, 0.6) is 5.75 Å². The van der Waals surface area contributed by atoms with Crippen LogP contribution in [-0.2, 0) is 0 Å². The molecule has 0 amide bonds. The number of hydrogen-bond acceptors (Lipinski definition) is 6. The molecule has 0 bridgehead atoms. The van der Waals surface area contributed by atoms with E-state index in [9.17, 15) is 14.0 Å². The Bertz CT molecular complexity index is 7880. The molecule has 528 valence electrons. The normalized spacial score (nSPS) is 6.34. The molecule has 1 atom stereocenters. The third kappa shape index (κ3) is 67.1. The van der Waals surface area contributed by atoms with Crippen molar-refractivity contribution in [1.82, 2.24) is 0 Å². The van der Waals surface area contributed by atoms with Gasteiger partial charge in [0.15, 0.2) is 11.6 Å². The number of anilines is 1. The van der Waals surface area contributed by atoms with Crippen molar-refractivity contribution >= 4 is 17.3 Å². The van der Waals surface area contributed by atoms with Gasteiger partial charge in [0.1, 0.15) is 17.5 Å². The molecule has 5 N–H and O–H groups in total. The molecule has 0 saturated heterocycles. The molecule has 1 aliphatic heterocycles. The van der Waals surface area contributed by atoms with Crippen LogP contribution in [0.15, 0.2) is 12.1 Å². The molecule has 0 radical (unpaired) electrons. The van der Waals surface area contributed by atoms with Crippen LogP contribution in [0.25, 0.3) is 0 Å². The lowest BCUT2D eigenvalue weighted by Crippen LogP contribution is -2.36. The van der Waals surface area contributed by atoms with Crippen molar-refractivity contribution in [3.05, 3.63) is 23.3 Å². The fourth-order valence-electron chi connectivity index (χ4n) is 5.52. The minimum absolute atomic E-state index is 0.0278. The summed E-state index contributed by atoms with van der Waals surface area (Å²) in [5.74, 6) is 246. The fourth-order valence-corrected chi connectivity index (χ4v) is 5.52. The monoisotopic (exact) mass is 1530 g/mol. The topological polar surface area (TPSA) is 116 Å². The van der Waals surface area contributed by atoms with Gasteiger partial charge >= 0.3 is 0 Å². The van der Waals surface area contributed by atoms with E-state index in [2.05, 4.69) is 580 Å². The zero-order valence-corrected chi connectivity index (χ0v) is 63.6. The number of Topliss-reactive ketones (excluding diaryl/α,β-unsaturated/α-hetero) is 2. The predicted molar refractivity (Wildman–Crippen MR) is 474 cm³/mol. The van der Waals surface area contributed by atoms with E-state index in [1.54, 1.807) is 13.0 Å². The van der Waals surface area contributed by atoms with E-state index in [-0.39, 0.29) is 47.8 Å². The fraction of sp³-hybridized carbons (Fsp3) is 0.0690. The Balaban J connectivity index is 0.00000309. The summed E-state index contributed by atoms with van der Waals surface area (Å²) in [5, 5.41) is 8.91. The molecule has 6 nitrogen and oxygen atoms in total. The Morgan fingerprint density at radius 3 is 0.610 bits per heavy atom. The van der Waals surface area contributed by atoms with Gasteiger partial charge in [-0.3, -0.25) is 9.59 Å². The highest BCUT2D eigenvalue weighted by molar-refractivity contribution is 6.11. The number of carbonyl (C=O) groups is 2. The van der Waals surface area contributed by atoms with Crippen molar-refractivity contribution < 1.29 is 23.8 Å². The SMILES string of the molecule is CC#CC#CC#CC#CC#CC#CC#CC#CC#CC#CC#CC#CC#CC#CC#CC#CC#CC#CC#CC#CC#CC#CC#CC#CC#CC#CC#CC#CC#CC#CC#CC#CC#CC#CC#CC#CC#CC#CC#CC#CC#CC#CC#CC#CC#CC#CC#CC#CC#CC#CF.CC1(C)CC(=O)c2c(ccc(C(=O)CC(N)CO)c2N)O1. The molecule has 0 spiro atoms. The minimum atomic E-state index is -0.640. The average molecular weight is 1530 g/mol. The number of fused-ring (bicyclic) bond motifs is 1. The zero-order valence-electron chi connectivity index (χ0n) is 63.6. The number of halogens is 1. The van der Waals surface area contributed by atoms with Gasteiger partial charge in [-0.2, -0.15) is 0 Å². The Morgan fingerprint density at radius 2 is 0.463 bits per heavy atom. The minimum Gasteiger partial charge on any atom is -0.487 e. The first-order chi connectivity index (χ1) is 60.7.